The molecule has 2 N–H and O–H groups in total. The normalized spacial score (nSPS) is 21.3. The monoisotopic (exact) mass is 450 g/mol. The number of amidine groups is 1. The topological polar surface area (TPSA) is 114 Å². The standard InChI is InChI=1S/C23H23FN6O3/c1-13-18(27-22(32)23(2)7-8-23)20(31)28-19(26-13)16-11-17(21-25-9-10-33-21)30(29-16)12-14-5-3-4-6-15(14)24/h3-6,9-11,13,18H,7-8,12H2,1-2H3,(H,27,32)(H,26,28,31)/t13-,18?/m0/s1. The molecule has 0 saturated heterocycles. The van der Waals surface area contributed by atoms with Gasteiger partial charge in [-0.3, -0.25) is 19.3 Å². The highest BCUT2D eigenvalue weighted by Gasteiger charge is 2.47. The Balaban J connectivity index is 1.44. The van der Waals surface area contributed by atoms with Gasteiger partial charge in [0.05, 0.1) is 18.8 Å². The van der Waals surface area contributed by atoms with E-state index in [2.05, 4.69) is 25.7 Å². The van der Waals surface area contributed by atoms with Crippen LogP contribution >= 0.6 is 0 Å². The molecule has 1 fully saturated rings. The molecular formula is C23H23FN6O3. The fraction of sp³-hybridized carbons (Fsp3) is 0.348. The highest BCUT2D eigenvalue weighted by atomic mass is 19.1. The molecule has 2 aromatic heterocycles. The first-order valence-corrected chi connectivity index (χ1v) is 10.8. The van der Waals surface area contributed by atoms with Crippen LogP contribution < -0.4 is 10.6 Å². The first-order valence-electron chi connectivity index (χ1n) is 10.8. The zero-order chi connectivity index (χ0) is 23.2. The van der Waals surface area contributed by atoms with Gasteiger partial charge in [-0.25, -0.2) is 9.37 Å². The maximum absolute atomic E-state index is 14.3. The predicted octanol–water partition coefficient (Wildman–Crippen LogP) is 2.28. The van der Waals surface area contributed by atoms with E-state index in [9.17, 15) is 14.0 Å². The third-order valence-electron chi connectivity index (χ3n) is 6.13. The van der Waals surface area contributed by atoms with Crippen molar-refractivity contribution in [1.29, 1.82) is 0 Å². The quantitative estimate of drug-likeness (QED) is 0.598. The summed E-state index contributed by atoms with van der Waals surface area (Å²) in [6.45, 7) is 3.79. The average molecular weight is 450 g/mol. The van der Waals surface area contributed by atoms with Crippen molar-refractivity contribution >= 4 is 17.6 Å². The minimum absolute atomic E-state index is 0.131. The summed E-state index contributed by atoms with van der Waals surface area (Å²) in [4.78, 5) is 34.0. The molecule has 3 aromatic rings. The van der Waals surface area contributed by atoms with E-state index in [1.165, 1.54) is 18.5 Å². The number of amides is 2. The number of nitrogens with zero attached hydrogens (tertiary/aromatic N) is 4. The summed E-state index contributed by atoms with van der Waals surface area (Å²) in [7, 11) is 0. The number of hydrogen-bond acceptors (Lipinski definition) is 6. The van der Waals surface area contributed by atoms with E-state index >= 15 is 0 Å². The lowest BCUT2D eigenvalue weighted by Gasteiger charge is -2.28. The van der Waals surface area contributed by atoms with Crippen LogP contribution in [-0.4, -0.2) is 44.5 Å². The van der Waals surface area contributed by atoms with Gasteiger partial charge in [0.2, 0.25) is 17.7 Å². The van der Waals surface area contributed by atoms with Crippen LogP contribution in [0.1, 0.15) is 37.9 Å². The molecule has 1 aliphatic carbocycles. The summed E-state index contributed by atoms with van der Waals surface area (Å²) in [6, 6.07) is 6.86. The molecule has 33 heavy (non-hydrogen) atoms. The number of carbonyl (C=O) groups is 2. The Labute approximate surface area is 189 Å². The van der Waals surface area contributed by atoms with Gasteiger partial charge in [-0.2, -0.15) is 5.10 Å². The van der Waals surface area contributed by atoms with Crippen molar-refractivity contribution in [1.82, 2.24) is 25.4 Å². The molecule has 170 valence electrons. The van der Waals surface area contributed by atoms with E-state index in [1.807, 2.05) is 6.92 Å². The van der Waals surface area contributed by atoms with Crippen LogP contribution in [0.3, 0.4) is 0 Å². The number of aliphatic imine (C=N–C) groups is 1. The number of benzene rings is 1. The Hall–Kier alpha value is -3.82. The average Bonchev–Trinajstić information content (AvgIpc) is 3.17. The predicted molar refractivity (Wildman–Crippen MR) is 117 cm³/mol. The lowest BCUT2D eigenvalue weighted by Crippen LogP contribution is -2.57. The molecule has 2 atom stereocenters. The second-order valence-electron chi connectivity index (χ2n) is 8.72. The second kappa shape index (κ2) is 7.95. The number of hydrogen-bond donors (Lipinski definition) is 2. The SMILES string of the molecule is C[C@@H]1N=C(c2cc(-c3ncco3)n(Cc3ccccc3F)n2)NC(=O)C1NC(=O)C1(C)CC1. The molecule has 5 rings (SSSR count). The van der Waals surface area contributed by atoms with E-state index < -0.39 is 12.1 Å². The third-order valence-corrected chi connectivity index (χ3v) is 6.13. The molecule has 0 radical (unpaired) electrons. The van der Waals surface area contributed by atoms with Crippen LogP contribution in [0.4, 0.5) is 4.39 Å². The minimum atomic E-state index is -0.759. The molecular weight excluding hydrogens is 427 g/mol. The van der Waals surface area contributed by atoms with Crippen LogP contribution in [0.2, 0.25) is 0 Å². The van der Waals surface area contributed by atoms with Crippen molar-refractivity contribution < 1.29 is 18.4 Å². The summed E-state index contributed by atoms with van der Waals surface area (Å²) in [6.07, 6.45) is 4.58. The van der Waals surface area contributed by atoms with Gasteiger partial charge in [0, 0.05) is 17.0 Å². The van der Waals surface area contributed by atoms with Gasteiger partial charge < -0.3 is 15.1 Å². The maximum atomic E-state index is 14.3. The van der Waals surface area contributed by atoms with Crippen LogP contribution in [0, 0.1) is 11.2 Å². The largest absolute Gasteiger partial charge is 0.443 e. The fourth-order valence-corrected chi connectivity index (χ4v) is 3.73. The summed E-state index contributed by atoms with van der Waals surface area (Å²) in [5, 5.41) is 10.1. The van der Waals surface area contributed by atoms with E-state index in [-0.39, 0.29) is 35.4 Å². The van der Waals surface area contributed by atoms with E-state index in [0.717, 1.165) is 12.8 Å². The van der Waals surface area contributed by atoms with Crippen molar-refractivity contribution in [2.75, 3.05) is 0 Å². The molecule has 0 spiro atoms. The van der Waals surface area contributed by atoms with Crippen LogP contribution in [0.5, 0.6) is 0 Å². The molecule has 10 heteroatoms. The number of carbonyl (C=O) groups excluding carboxylic acids is 2. The summed E-state index contributed by atoms with van der Waals surface area (Å²) >= 11 is 0. The highest BCUT2D eigenvalue weighted by Crippen LogP contribution is 2.45. The molecule has 1 saturated carbocycles. The molecule has 0 bridgehead atoms. The highest BCUT2D eigenvalue weighted by molar-refractivity contribution is 6.11. The Kier molecular flexibility index (Phi) is 5.07. The first kappa shape index (κ1) is 21.0. The fourth-order valence-electron chi connectivity index (χ4n) is 3.73. The molecule has 2 amide bonds. The zero-order valence-corrected chi connectivity index (χ0v) is 18.2. The van der Waals surface area contributed by atoms with Crippen LogP contribution in [-0.2, 0) is 16.1 Å². The minimum Gasteiger partial charge on any atom is -0.443 e. The number of nitrogens with one attached hydrogen (secondary N) is 2. The third kappa shape index (κ3) is 4.04. The molecule has 3 heterocycles. The van der Waals surface area contributed by atoms with E-state index in [4.69, 9.17) is 4.42 Å². The molecule has 1 unspecified atom stereocenters. The van der Waals surface area contributed by atoms with Gasteiger partial charge in [0.15, 0.2) is 5.84 Å². The van der Waals surface area contributed by atoms with Gasteiger partial charge in [0.25, 0.3) is 0 Å². The second-order valence-corrected chi connectivity index (χ2v) is 8.72. The molecule has 2 aliphatic rings. The zero-order valence-electron chi connectivity index (χ0n) is 18.2. The smallest absolute Gasteiger partial charge is 0.250 e. The van der Waals surface area contributed by atoms with Crippen molar-refractivity contribution in [2.45, 2.75) is 45.3 Å². The molecule has 1 aromatic carbocycles. The number of oxazole rings is 1. The summed E-state index contributed by atoms with van der Waals surface area (Å²) in [5.41, 5.74) is 0.957. The van der Waals surface area contributed by atoms with Crippen LogP contribution in [0.25, 0.3) is 11.6 Å². The lowest BCUT2D eigenvalue weighted by molar-refractivity contribution is -0.131. The van der Waals surface area contributed by atoms with Crippen molar-refractivity contribution in [3.63, 3.8) is 0 Å². The van der Waals surface area contributed by atoms with Crippen molar-refractivity contribution in [3.05, 3.63) is 59.9 Å². The number of rotatable bonds is 6. The van der Waals surface area contributed by atoms with Crippen molar-refractivity contribution in [3.8, 4) is 11.6 Å². The number of halogens is 1. The lowest BCUT2D eigenvalue weighted by atomic mass is 10.0. The van der Waals surface area contributed by atoms with Gasteiger partial charge >= 0.3 is 0 Å². The van der Waals surface area contributed by atoms with Crippen LogP contribution in [0.15, 0.2) is 52.2 Å². The Bertz CT molecular complexity index is 1240. The van der Waals surface area contributed by atoms with Gasteiger partial charge in [-0.1, -0.05) is 25.1 Å². The molecule has 1 aliphatic heterocycles. The summed E-state index contributed by atoms with van der Waals surface area (Å²) in [5.74, 6) is -0.257. The molecule has 9 nitrogen and oxygen atoms in total. The van der Waals surface area contributed by atoms with Gasteiger partial charge in [-0.05, 0) is 25.8 Å². The maximum Gasteiger partial charge on any atom is 0.250 e. The Morgan fingerprint density at radius 1 is 1.36 bits per heavy atom. The Morgan fingerprint density at radius 3 is 2.82 bits per heavy atom. The van der Waals surface area contributed by atoms with E-state index in [0.29, 0.717) is 22.8 Å². The summed E-state index contributed by atoms with van der Waals surface area (Å²) < 4.78 is 21.2. The Morgan fingerprint density at radius 2 is 2.15 bits per heavy atom. The van der Waals surface area contributed by atoms with Gasteiger partial charge in [-0.15, -0.1) is 0 Å². The van der Waals surface area contributed by atoms with Gasteiger partial charge in [0.1, 0.15) is 29.5 Å². The first-order chi connectivity index (χ1) is 15.8. The van der Waals surface area contributed by atoms with Crippen molar-refractivity contribution in [2.24, 2.45) is 10.4 Å². The number of aromatic nitrogens is 3. The van der Waals surface area contributed by atoms with E-state index in [1.54, 1.807) is 35.9 Å².